The van der Waals surface area contributed by atoms with Crippen molar-refractivity contribution in [2.45, 2.75) is 39.7 Å². The van der Waals surface area contributed by atoms with Gasteiger partial charge < -0.3 is 20.3 Å². The van der Waals surface area contributed by atoms with Gasteiger partial charge in [-0.15, -0.1) is 35.3 Å². The summed E-state index contributed by atoms with van der Waals surface area (Å²) in [6, 6.07) is 0. The number of hydrogen-bond donors (Lipinski definition) is 2. The first-order valence-electron chi connectivity index (χ1n) is 8.60. The molecule has 0 aliphatic rings. The number of nitrogens with one attached hydrogen (secondary N) is 2. The van der Waals surface area contributed by atoms with Crippen LogP contribution in [0.5, 0.6) is 0 Å². The van der Waals surface area contributed by atoms with Gasteiger partial charge >= 0.3 is 0 Å². The number of aromatic nitrogens is 1. The van der Waals surface area contributed by atoms with Crippen LogP contribution in [0.2, 0.25) is 0 Å². The minimum atomic E-state index is 0. The van der Waals surface area contributed by atoms with Gasteiger partial charge in [0.25, 0.3) is 0 Å². The third kappa shape index (κ3) is 10.3. The van der Waals surface area contributed by atoms with Crippen molar-refractivity contribution < 1.29 is 4.74 Å². The molecule has 0 saturated carbocycles. The van der Waals surface area contributed by atoms with Crippen LogP contribution in [0.25, 0.3) is 0 Å². The van der Waals surface area contributed by atoms with Gasteiger partial charge in [-0.2, -0.15) is 0 Å². The minimum Gasteiger partial charge on any atom is -0.377 e. The van der Waals surface area contributed by atoms with Crippen LogP contribution in [0.4, 0.5) is 0 Å². The summed E-state index contributed by atoms with van der Waals surface area (Å²) >= 11 is 1.77. The van der Waals surface area contributed by atoms with E-state index < -0.39 is 0 Å². The Kier molecular flexibility index (Phi) is 13.5. The van der Waals surface area contributed by atoms with E-state index in [1.54, 1.807) is 18.4 Å². The molecule has 1 unspecified atom stereocenters. The lowest BCUT2D eigenvalue weighted by atomic mass is 10.2. The molecule has 0 saturated heterocycles. The van der Waals surface area contributed by atoms with Crippen molar-refractivity contribution in [1.82, 2.24) is 20.5 Å². The molecule has 8 heteroatoms. The van der Waals surface area contributed by atoms with Gasteiger partial charge in [0, 0.05) is 44.6 Å². The van der Waals surface area contributed by atoms with Crippen LogP contribution in [0.15, 0.2) is 4.99 Å². The molecule has 0 aliphatic carbocycles. The van der Waals surface area contributed by atoms with E-state index in [-0.39, 0.29) is 30.1 Å². The Bertz CT molecular complexity index is 488. The van der Waals surface area contributed by atoms with Gasteiger partial charge in [-0.1, -0.05) is 0 Å². The largest absolute Gasteiger partial charge is 0.377 e. The average Bonchev–Trinajstić information content (AvgIpc) is 2.86. The highest BCUT2D eigenvalue weighted by Crippen LogP contribution is 2.16. The van der Waals surface area contributed by atoms with Crippen LogP contribution in [-0.2, 0) is 11.2 Å². The number of nitrogens with zero attached hydrogens (tertiary/aromatic N) is 3. The fraction of sp³-hybridized carbons (Fsp3) is 0.765. The van der Waals surface area contributed by atoms with Crippen LogP contribution >= 0.6 is 35.3 Å². The third-order valence-electron chi connectivity index (χ3n) is 3.73. The second kappa shape index (κ2) is 13.7. The van der Waals surface area contributed by atoms with E-state index in [0.717, 1.165) is 50.7 Å². The van der Waals surface area contributed by atoms with Gasteiger partial charge in [-0.3, -0.25) is 4.99 Å². The van der Waals surface area contributed by atoms with Gasteiger partial charge in [-0.05, 0) is 41.3 Å². The van der Waals surface area contributed by atoms with Crippen molar-refractivity contribution >= 4 is 41.3 Å². The molecule has 0 amide bonds. The smallest absolute Gasteiger partial charge is 0.191 e. The number of hydrogen-bond acceptors (Lipinski definition) is 5. The summed E-state index contributed by atoms with van der Waals surface area (Å²) in [5.41, 5.74) is 1.14. The molecule has 25 heavy (non-hydrogen) atoms. The number of thiazole rings is 1. The zero-order valence-electron chi connectivity index (χ0n) is 16.4. The van der Waals surface area contributed by atoms with Crippen LogP contribution in [-0.4, -0.2) is 69.3 Å². The summed E-state index contributed by atoms with van der Waals surface area (Å²) in [7, 11) is 5.96. The lowest BCUT2D eigenvalue weighted by Gasteiger charge is -2.21. The number of halogens is 1. The van der Waals surface area contributed by atoms with Crippen molar-refractivity contribution in [3.63, 3.8) is 0 Å². The van der Waals surface area contributed by atoms with Gasteiger partial charge in [0.15, 0.2) is 5.96 Å². The van der Waals surface area contributed by atoms with E-state index in [1.165, 1.54) is 9.88 Å². The zero-order chi connectivity index (χ0) is 17.9. The van der Waals surface area contributed by atoms with Gasteiger partial charge in [-0.25, -0.2) is 4.98 Å². The SMILES string of the molecule is CCOC(CCN(C)C)CNC(=NC)NCCc1nc(C)c(C)s1.I. The van der Waals surface area contributed by atoms with Gasteiger partial charge in [0.2, 0.25) is 0 Å². The summed E-state index contributed by atoms with van der Waals surface area (Å²) in [4.78, 5) is 12.3. The Hall–Kier alpha value is -0.450. The Balaban J connectivity index is 0.00000576. The highest BCUT2D eigenvalue weighted by Gasteiger charge is 2.10. The second-order valence-corrected chi connectivity index (χ2v) is 7.34. The molecule has 1 heterocycles. The predicted molar refractivity (Wildman–Crippen MR) is 119 cm³/mol. The summed E-state index contributed by atoms with van der Waals surface area (Å²) in [6.07, 6.45) is 2.11. The molecule has 0 aliphatic heterocycles. The maximum atomic E-state index is 5.80. The van der Waals surface area contributed by atoms with Crippen molar-refractivity contribution in [1.29, 1.82) is 0 Å². The van der Waals surface area contributed by atoms with Crippen molar-refractivity contribution in [2.24, 2.45) is 4.99 Å². The van der Waals surface area contributed by atoms with Crippen LogP contribution in [0.1, 0.15) is 28.9 Å². The van der Waals surface area contributed by atoms with E-state index in [2.05, 4.69) is 53.5 Å². The zero-order valence-corrected chi connectivity index (χ0v) is 19.5. The maximum absolute atomic E-state index is 5.80. The Labute approximate surface area is 173 Å². The molecule has 1 atom stereocenters. The molecule has 1 rings (SSSR count). The molecule has 1 aromatic heterocycles. The molecule has 0 fully saturated rings. The summed E-state index contributed by atoms with van der Waals surface area (Å²) in [5, 5.41) is 7.88. The fourth-order valence-electron chi connectivity index (χ4n) is 2.25. The monoisotopic (exact) mass is 483 g/mol. The van der Waals surface area contributed by atoms with Crippen molar-refractivity contribution in [3.8, 4) is 0 Å². The average molecular weight is 483 g/mol. The number of ether oxygens (including phenoxy) is 1. The quantitative estimate of drug-likeness (QED) is 0.304. The fourth-order valence-corrected chi connectivity index (χ4v) is 3.18. The molecule has 2 N–H and O–H groups in total. The summed E-state index contributed by atoms with van der Waals surface area (Å²) < 4.78 is 5.80. The highest BCUT2D eigenvalue weighted by molar-refractivity contribution is 14.0. The molecular weight excluding hydrogens is 449 g/mol. The maximum Gasteiger partial charge on any atom is 0.191 e. The van der Waals surface area contributed by atoms with E-state index in [9.17, 15) is 0 Å². The number of rotatable bonds is 10. The highest BCUT2D eigenvalue weighted by atomic mass is 127. The third-order valence-corrected chi connectivity index (χ3v) is 4.86. The van der Waals surface area contributed by atoms with Crippen LogP contribution < -0.4 is 10.6 Å². The first kappa shape index (κ1) is 24.6. The van der Waals surface area contributed by atoms with E-state index in [1.807, 2.05) is 6.92 Å². The van der Waals surface area contributed by atoms with E-state index in [4.69, 9.17) is 4.74 Å². The first-order chi connectivity index (χ1) is 11.5. The Morgan fingerprint density at radius 2 is 2.04 bits per heavy atom. The lowest BCUT2D eigenvalue weighted by molar-refractivity contribution is 0.0548. The molecule has 6 nitrogen and oxygen atoms in total. The molecule has 146 valence electrons. The molecule has 0 spiro atoms. The molecule has 0 radical (unpaired) electrons. The second-order valence-electron chi connectivity index (χ2n) is 6.05. The van der Waals surface area contributed by atoms with Gasteiger partial charge in [0.05, 0.1) is 16.8 Å². The lowest BCUT2D eigenvalue weighted by Crippen LogP contribution is -2.43. The molecule has 1 aromatic rings. The van der Waals surface area contributed by atoms with Crippen molar-refractivity contribution in [2.75, 3.05) is 47.4 Å². The first-order valence-corrected chi connectivity index (χ1v) is 9.41. The number of aliphatic imine (C=N–C) groups is 1. The van der Waals surface area contributed by atoms with Crippen molar-refractivity contribution in [3.05, 3.63) is 15.6 Å². The number of aryl methyl sites for hydroxylation is 2. The molecular formula is C17H34IN5OS. The number of guanidine groups is 1. The van der Waals surface area contributed by atoms with Crippen LogP contribution in [0.3, 0.4) is 0 Å². The van der Waals surface area contributed by atoms with Crippen LogP contribution in [0, 0.1) is 13.8 Å². The van der Waals surface area contributed by atoms with E-state index >= 15 is 0 Å². The predicted octanol–water partition coefficient (Wildman–Crippen LogP) is 2.44. The standard InChI is InChI=1S/C17H33N5OS.HI/c1-7-23-15(9-11-22(5)6)12-20-17(18-4)19-10-8-16-21-13(2)14(3)24-16;/h15H,7-12H2,1-6H3,(H2,18,19,20);1H. The Morgan fingerprint density at radius 3 is 2.56 bits per heavy atom. The topological polar surface area (TPSA) is 61.8 Å². The summed E-state index contributed by atoms with van der Waals surface area (Å²) in [5.74, 6) is 0.814. The normalized spacial score (nSPS) is 12.8. The Morgan fingerprint density at radius 1 is 1.32 bits per heavy atom. The van der Waals surface area contributed by atoms with Gasteiger partial charge in [0.1, 0.15) is 0 Å². The minimum absolute atomic E-state index is 0. The summed E-state index contributed by atoms with van der Waals surface area (Å²) in [6.45, 7) is 9.54. The molecule has 0 bridgehead atoms. The van der Waals surface area contributed by atoms with E-state index in [0.29, 0.717) is 0 Å². The molecule has 0 aromatic carbocycles.